The number of hydrogen-bond acceptors (Lipinski definition) is 7. The van der Waals surface area contributed by atoms with Crippen molar-refractivity contribution in [3.63, 3.8) is 0 Å². The van der Waals surface area contributed by atoms with Crippen LogP contribution in [-0.2, 0) is 19.4 Å². The van der Waals surface area contributed by atoms with E-state index in [9.17, 15) is 4.79 Å². The molecule has 4 aromatic rings. The fourth-order valence-corrected chi connectivity index (χ4v) is 3.49. The minimum Gasteiger partial charge on any atom is -0.484 e. The molecular weight excluding hydrogens is 376 g/mol. The standard InChI is InChI=1S/C20H18N4O3S/c1-13-6-5-7-14(10-13)26-11-18-22-23-20(27-18)28-12-17-21-16-9-4-3-8-15(16)19(25)24(17)2/h3-10H,11-12H2,1-2H3. The molecule has 0 amide bonds. The lowest BCUT2D eigenvalue weighted by atomic mass is 10.2. The van der Waals surface area contributed by atoms with Gasteiger partial charge < -0.3 is 9.15 Å². The summed E-state index contributed by atoms with van der Waals surface area (Å²) in [6.07, 6.45) is 0. The highest BCUT2D eigenvalue weighted by atomic mass is 32.2. The maximum atomic E-state index is 12.5. The smallest absolute Gasteiger partial charge is 0.277 e. The van der Waals surface area contributed by atoms with Crippen molar-refractivity contribution in [2.75, 3.05) is 0 Å². The molecule has 0 spiro atoms. The van der Waals surface area contributed by atoms with Crippen LogP contribution in [0.25, 0.3) is 10.9 Å². The van der Waals surface area contributed by atoms with E-state index in [2.05, 4.69) is 15.2 Å². The van der Waals surface area contributed by atoms with Gasteiger partial charge in [0.15, 0.2) is 6.61 Å². The molecule has 0 radical (unpaired) electrons. The molecule has 0 saturated heterocycles. The van der Waals surface area contributed by atoms with Crippen LogP contribution in [0.2, 0.25) is 0 Å². The van der Waals surface area contributed by atoms with Crippen LogP contribution in [0.4, 0.5) is 0 Å². The van der Waals surface area contributed by atoms with Crippen molar-refractivity contribution in [1.29, 1.82) is 0 Å². The van der Waals surface area contributed by atoms with Crippen LogP contribution in [0.5, 0.6) is 5.75 Å². The summed E-state index contributed by atoms with van der Waals surface area (Å²) in [5.41, 5.74) is 1.73. The molecule has 0 aliphatic rings. The average molecular weight is 394 g/mol. The van der Waals surface area contributed by atoms with Gasteiger partial charge in [-0.1, -0.05) is 36.0 Å². The summed E-state index contributed by atoms with van der Waals surface area (Å²) in [4.78, 5) is 17.0. The summed E-state index contributed by atoms with van der Waals surface area (Å²) < 4.78 is 12.8. The molecule has 0 saturated carbocycles. The Morgan fingerprint density at radius 1 is 1.14 bits per heavy atom. The molecule has 2 heterocycles. The molecule has 4 rings (SSSR count). The van der Waals surface area contributed by atoms with Gasteiger partial charge in [-0.15, -0.1) is 10.2 Å². The van der Waals surface area contributed by atoms with Crippen LogP contribution >= 0.6 is 11.8 Å². The third-order valence-electron chi connectivity index (χ3n) is 4.20. The van der Waals surface area contributed by atoms with Crippen LogP contribution in [0.1, 0.15) is 17.3 Å². The van der Waals surface area contributed by atoms with Gasteiger partial charge in [0.2, 0.25) is 0 Å². The normalized spacial score (nSPS) is 11.1. The molecule has 0 atom stereocenters. The summed E-state index contributed by atoms with van der Waals surface area (Å²) in [6.45, 7) is 2.20. The number of rotatable bonds is 6. The summed E-state index contributed by atoms with van der Waals surface area (Å²) in [7, 11) is 1.71. The Bertz CT molecular complexity index is 1190. The number of aromatic nitrogens is 4. The first-order valence-corrected chi connectivity index (χ1v) is 9.68. The Hall–Kier alpha value is -3.13. The second-order valence-corrected chi connectivity index (χ2v) is 7.19. The zero-order chi connectivity index (χ0) is 19.5. The van der Waals surface area contributed by atoms with E-state index in [0.29, 0.717) is 33.6 Å². The van der Waals surface area contributed by atoms with Crippen LogP contribution in [0, 0.1) is 6.92 Å². The van der Waals surface area contributed by atoms with E-state index in [-0.39, 0.29) is 12.2 Å². The molecule has 0 fully saturated rings. The third kappa shape index (κ3) is 3.91. The Morgan fingerprint density at radius 2 is 2.00 bits per heavy atom. The lowest BCUT2D eigenvalue weighted by molar-refractivity contribution is 0.252. The Kier molecular flexibility index (Phi) is 5.12. The maximum Gasteiger partial charge on any atom is 0.277 e. The van der Waals surface area contributed by atoms with Gasteiger partial charge in [0, 0.05) is 7.05 Å². The number of benzene rings is 2. The van der Waals surface area contributed by atoms with Gasteiger partial charge in [0.05, 0.1) is 16.7 Å². The van der Waals surface area contributed by atoms with E-state index in [0.717, 1.165) is 11.3 Å². The van der Waals surface area contributed by atoms with E-state index in [1.807, 2.05) is 49.4 Å². The van der Waals surface area contributed by atoms with Crippen molar-refractivity contribution in [2.45, 2.75) is 24.5 Å². The molecule has 7 nitrogen and oxygen atoms in total. The van der Waals surface area contributed by atoms with Crippen molar-refractivity contribution in [3.8, 4) is 5.75 Å². The van der Waals surface area contributed by atoms with E-state index in [4.69, 9.17) is 9.15 Å². The number of thioether (sulfide) groups is 1. The van der Waals surface area contributed by atoms with Crippen molar-refractivity contribution in [2.24, 2.45) is 7.05 Å². The largest absolute Gasteiger partial charge is 0.484 e. The van der Waals surface area contributed by atoms with Crippen LogP contribution < -0.4 is 10.3 Å². The Labute approximate surface area is 165 Å². The molecule has 2 aromatic heterocycles. The minimum absolute atomic E-state index is 0.0704. The molecule has 2 aromatic carbocycles. The summed E-state index contributed by atoms with van der Waals surface area (Å²) in [5.74, 6) is 2.23. The number of nitrogens with zero attached hydrogens (tertiary/aromatic N) is 4. The Morgan fingerprint density at radius 3 is 2.86 bits per heavy atom. The monoisotopic (exact) mass is 394 g/mol. The van der Waals surface area contributed by atoms with Crippen LogP contribution in [0.3, 0.4) is 0 Å². The van der Waals surface area contributed by atoms with Gasteiger partial charge >= 0.3 is 0 Å². The molecule has 0 unspecified atom stereocenters. The summed E-state index contributed by atoms with van der Waals surface area (Å²) in [5, 5.41) is 9.04. The highest BCUT2D eigenvalue weighted by Crippen LogP contribution is 2.22. The number of ether oxygens (including phenoxy) is 1. The lowest BCUT2D eigenvalue weighted by Gasteiger charge is -2.07. The lowest BCUT2D eigenvalue weighted by Crippen LogP contribution is -2.21. The van der Waals surface area contributed by atoms with Crippen LogP contribution in [0.15, 0.2) is 63.0 Å². The van der Waals surface area contributed by atoms with E-state index >= 15 is 0 Å². The van der Waals surface area contributed by atoms with Crippen molar-refractivity contribution in [1.82, 2.24) is 19.7 Å². The first-order valence-electron chi connectivity index (χ1n) is 8.69. The fraction of sp³-hybridized carbons (Fsp3) is 0.200. The van der Waals surface area contributed by atoms with Crippen molar-refractivity contribution >= 4 is 22.7 Å². The SMILES string of the molecule is Cc1cccc(OCc2nnc(SCc3nc4ccccc4c(=O)n3C)o2)c1. The predicted octanol–water partition coefficient (Wildman–Crippen LogP) is 3.50. The highest BCUT2D eigenvalue weighted by Gasteiger charge is 2.12. The predicted molar refractivity (Wildman–Crippen MR) is 106 cm³/mol. The first kappa shape index (κ1) is 18.2. The minimum atomic E-state index is -0.0704. The molecule has 28 heavy (non-hydrogen) atoms. The van der Waals surface area contributed by atoms with Gasteiger partial charge in [-0.3, -0.25) is 9.36 Å². The van der Waals surface area contributed by atoms with Gasteiger partial charge in [0.1, 0.15) is 11.6 Å². The first-order chi connectivity index (χ1) is 13.6. The third-order valence-corrected chi connectivity index (χ3v) is 5.02. The van der Waals surface area contributed by atoms with E-state index < -0.39 is 0 Å². The van der Waals surface area contributed by atoms with E-state index in [1.165, 1.54) is 11.8 Å². The number of para-hydroxylation sites is 1. The Balaban J connectivity index is 1.43. The molecule has 0 aliphatic heterocycles. The number of hydrogen-bond donors (Lipinski definition) is 0. The van der Waals surface area contributed by atoms with Crippen molar-refractivity contribution in [3.05, 3.63) is 76.2 Å². The fourth-order valence-electron chi connectivity index (χ4n) is 2.72. The molecular formula is C20H18N4O3S. The molecule has 8 heteroatoms. The molecule has 0 bridgehead atoms. The van der Waals surface area contributed by atoms with Crippen molar-refractivity contribution < 1.29 is 9.15 Å². The van der Waals surface area contributed by atoms with Crippen LogP contribution in [-0.4, -0.2) is 19.7 Å². The topological polar surface area (TPSA) is 83.0 Å². The molecule has 0 N–H and O–H groups in total. The van der Waals surface area contributed by atoms with Gasteiger partial charge in [-0.05, 0) is 36.8 Å². The van der Waals surface area contributed by atoms with Gasteiger partial charge in [-0.2, -0.15) is 0 Å². The zero-order valence-electron chi connectivity index (χ0n) is 15.5. The molecule has 142 valence electrons. The average Bonchev–Trinajstić information content (AvgIpc) is 3.16. The van der Waals surface area contributed by atoms with E-state index in [1.54, 1.807) is 17.7 Å². The summed E-state index contributed by atoms with van der Waals surface area (Å²) in [6, 6.07) is 15.1. The van der Waals surface area contributed by atoms with Gasteiger partial charge in [0.25, 0.3) is 16.7 Å². The summed E-state index contributed by atoms with van der Waals surface area (Å²) >= 11 is 1.33. The van der Waals surface area contributed by atoms with Gasteiger partial charge in [-0.25, -0.2) is 4.98 Å². The quantitative estimate of drug-likeness (QED) is 0.463. The second kappa shape index (κ2) is 7.85. The maximum absolute atomic E-state index is 12.5. The highest BCUT2D eigenvalue weighted by molar-refractivity contribution is 7.98. The second-order valence-electron chi connectivity index (χ2n) is 6.26. The zero-order valence-corrected chi connectivity index (χ0v) is 16.3. The molecule has 0 aliphatic carbocycles. The number of aryl methyl sites for hydroxylation is 1. The number of fused-ring (bicyclic) bond motifs is 1.